The summed E-state index contributed by atoms with van der Waals surface area (Å²) in [4.78, 5) is 76.5. The molecule has 5 heterocycles. The molecule has 4 amide bonds. The van der Waals surface area contributed by atoms with E-state index in [0.29, 0.717) is 31.2 Å². The second-order valence-corrected chi connectivity index (χ2v) is 19.8. The Kier molecular flexibility index (Phi) is 11.8. The van der Waals surface area contributed by atoms with Crippen LogP contribution in [0.4, 0.5) is 19.7 Å². The van der Waals surface area contributed by atoms with Gasteiger partial charge in [-0.05, 0) is 109 Å². The van der Waals surface area contributed by atoms with Gasteiger partial charge in [0.05, 0.1) is 53.3 Å². The number of ether oxygens (including phenoxy) is 1. The van der Waals surface area contributed by atoms with Crippen molar-refractivity contribution >= 4 is 51.8 Å². The number of likely N-dealkylation sites (N-methyl/N-ethyl adjacent to an activating group) is 1. The standard InChI is InChI=1S/C48H60FN9O6/c1-47(2,3)39(54-45(61)64-8)43(59)56-23-9-11-37(56)41-50-31-19-13-27(25-33(31)52-41)35-21-22-36(58(35)30-17-15-29(49)16-18-30)28-14-20-32-34(26-28)53-42(51-32)38-12-10-24-57(38)44(60)40(48(4,5)6)55(7)46(62)63/h13-20,25-26,35-40H,9-12,21-24H2,1-8H3,(H,50,52)(H,51,53)(H,54,61)(H,62,63)/t35-,36-,37-,38-,39+,40+/m0/s1. The van der Waals surface area contributed by atoms with Gasteiger partial charge >= 0.3 is 12.2 Å². The van der Waals surface area contributed by atoms with Crippen LogP contribution in [-0.2, 0) is 14.3 Å². The van der Waals surface area contributed by atoms with E-state index in [-0.39, 0.29) is 41.8 Å². The Balaban J connectivity index is 1.07. The van der Waals surface area contributed by atoms with E-state index in [0.717, 1.165) is 75.9 Å². The summed E-state index contributed by atoms with van der Waals surface area (Å²) in [5.41, 5.74) is 5.09. The normalized spacial score (nSPS) is 21.4. The number of hydrogen-bond donors (Lipinski definition) is 4. The first-order chi connectivity index (χ1) is 30.3. The van der Waals surface area contributed by atoms with Crippen LogP contribution < -0.4 is 10.2 Å². The lowest BCUT2D eigenvalue weighted by atomic mass is 9.84. The molecule has 2 aromatic heterocycles. The summed E-state index contributed by atoms with van der Waals surface area (Å²) < 4.78 is 19.2. The quantitative estimate of drug-likeness (QED) is 0.113. The molecule has 0 radical (unpaired) electrons. The maximum Gasteiger partial charge on any atom is 0.407 e. The van der Waals surface area contributed by atoms with Crippen molar-refractivity contribution in [1.82, 2.24) is 40.0 Å². The molecule has 3 aliphatic rings. The molecule has 0 aliphatic carbocycles. The van der Waals surface area contributed by atoms with E-state index in [1.807, 2.05) is 70.7 Å². The number of imidazole rings is 2. The van der Waals surface area contributed by atoms with Gasteiger partial charge in [-0.25, -0.2) is 23.9 Å². The number of alkyl carbamates (subject to hydrolysis) is 1. The number of likely N-dealkylation sites (tertiary alicyclic amines) is 2. The van der Waals surface area contributed by atoms with Crippen LogP contribution in [0.15, 0.2) is 60.7 Å². The molecule has 0 unspecified atom stereocenters. The molecule has 0 saturated carbocycles. The smallest absolute Gasteiger partial charge is 0.407 e. The van der Waals surface area contributed by atoms with Gasteiger partial charge in [0.15, 0.2) is 0 Å². The summed E-state index contributed by atoms with van der Waals surface area (Å²) in [5.74, 6) is 0.650. The summed E-state index contributed by atoms with van der Waals surface area (Å²) in [7, 11) is 2.74. The zero-order valence-corrected chi connectivity index (χ0v) is 37.9. The molecule has 16 heteroatoms. The Morgan fingerprint density at radius 1 is 0.750 bits per heavy atom. The Morgan fingerprint density at radius 2 is 1.25 bits per heavy atom. The van der Waals surface area contributed by atoms with Crippen molar-refractivity contribution in [1.29, 1.82) is 0 Å². The molecule has 15 nitrogen and oxygen atoms in total. The van der Waals surface area contributed by atoms with E-state index in [1.165, 1.54) is 26.3 Å². The van der Waals surface area contributed by atoms with Crippen LogP contribution in [0.3, 0.4) is 0 Å². The predicted octanol–water partition coefficient (Wildman–Crippen LogP) is 8.78. The monoisotopic (exact) mass is 877 g/mol. The van der Waals surface area contributed by atoms with Gasteiger partial charge in [0.25, 0.3) is 0 Å². The van der Waals surface area contributed by atoms with Crippen molar-refractivity contribution in [3.05, 3.63) is 89.3 Å². The number of aromatic amines is 2. The van der Waals surface area contributed by atoms with Crippen molar-refractivity contribution in [2.45, 2.75) is 116 Å². The number of hydrogen-bond acceptors (Lipinski definition) is 8. The average molecular weight is 878 g/mol. The second kappa shape index (κ2) is 17.1. The van der Waals surface area contributed by atoms with Crippen LogP contribution in [0.2, 0.25) is 0 Å². The maximum atomic E-state index is 14.4. The van der Waals surface area contributed by atoms with Gasteiger partial charge in [0.1, 0.15) is 29.5 Å². The van der Waals surface area contributed by atoms with Crippen LogP contribution in [0, 0.1) is 16.6 Å². The number of carboxylic acid groups (broad SMARTS) is 1. The number of halogens is 1. The summed E-state index contributed by atoms with van der Waals surface area (Å²) >= 11 is 0. The number of anilines is 1. The van der Waals surface area contributed by atoms with Crippen LogP contribution in [0.5, 0.6) is 0 Å². The number of aromatic nitrogens is 4. The van der Waals surface area contributed by atoms with Crippen LogP contribution in [-0.4, -0.2) is 103 Å². The lowest BCUT2D eigenvalue weighted by molar-refractivity contribution is -0.141. The molecule has 3 saturated heterocycles. The van der Waals surface area contributed by atoms with E-state index < -0.39 is 35.1 Å². The van der Waals surface area contributed by atoms with Crippen molar-refractivity contribution in [2.75, 3.05) is 32.1 Å². The number of benzene rings is 3. The van der Waals surface area contributed by atoms with Crippen LogP contribution >= 0.6 is 0 Å². The highest BCUT2D eigenvalue weighted by molar-refractivity contribution is 5.88. The molecule has 3 aliphatic heterocycles. The first-order valence-electron chi connectivity index (χ1n) is 22.3. The van der Waals surface area contributed by atoms with Crippen molar-refractivity contribution < 1.29 is 33.4 Å². The Hall–Kier alpha value is -6.19. The fourth-order valence-electron chi connectivity index (χ4n) is 10.3. The summed E-state index contributed by atoms with van der Waals surface area (Å²) in [5, 5.41) is 12.6. The molecule has 64 heavy (non-hydrogen) atoms. The molecule has 8 rings (SSSR count). The molecule has 3 aromatic carbocycles. The molecule has 5 aromatic rings. The topological polar surface area (TPSA) is 180 Å². The van der Waals surface area contributed by atoms with E-state index in [4.69, 9.17) is 14.7 Å². The predicted molar refractivity (Wildman–Crippen MR) is 241 cm³/mol. The minimum atomic E-state index is -1.15. The third-order valence-corrected chi connectivity index (χ3v) is 13.3. The first-order valence-corrected chi connectivity index (χ1v) is 22.3. The van der Waals surface area contributed by atoms with E-state index >= 15 is 0 Å². The maximum absolute atomic E-state index is 14.4. The zero-order chi connectivity index (χ0) is 45.8. The Morgan fingerprint density at radius 3 is 1.70 bits per heavy atom. The minimum Gasteiger partial charge on any atom is -0.465 e. The number of carbonyl (C=O) groups excluding carboxylic acids is 3. The van der Waals surface area contributed by atoms with Crippen molar-refractivity contribution in [3.63, 3.8) is 0 Å². The highest BCUT2D eigenvalue weighted by Crippen LogP contribution is 2.48. The minimum absolute atomic E-state index is 0.0566. The van der Waals surface area contributed by atoms with Gasteiger partial charge in [-0.1, -0.05) is 53.7 Å². The number of methoxy groups -OCH3 is 1. The van der Waals surface area contributed by atoms with Crippen LogP contribution in [0.1, 0.15) is 127 Å². The van der Waals surface area contributed by atoms with Gasteiger partial charge in [-0.15, -0.1) is 0 Å². The molecular weight excluding hydrogens is 818 g/mol. The number of carbonyl (C=O) groups is 4. The molecule has 0 spiro atoms. The number of nitrogens with one attached hydrogen (secondary N) is 3. The highest BCUT2D eigenvalue weighted by Gasteiger charge is 2.45. The van der Waals surface area contributed by atoms with Gasteiger partial charge in [-0.2, -0.15) is 0 Å². The van der Waals surface area contributed by atoms with Crippen molar-refractivity contribution in [3.8, 4) is 0 Å². The number of amides is 4. The zero-order valence-electron chi connectivity index (χ0n) is 37.9. The fraction of sp³-hybridized carbons (Fsp3) is 0.500. The molecule has 3 fully saturated rings. The number of fused-ring (bicyclic) bond motifs is 2. The van der Waals surface area contributed by atoms with E-state index in [9.17, 15) is 28.7 Å². The largest absolute Gasteiger partial charge is 0.465 e. The molecule has 4 N–H and O–H groups in total. The fourth-order valence-corrected chi connectivity index (χ4v) is 10.3. The summed E-state index contributed by atoms with van der Waals surface area (Å²) in [6.07, 6.45) is 2.87. The lowest BCUT2D eigenvalue weighted by Gasteiger charge is -2.38. The SMILES string of the molecule is COC(=O)N[C@H](C(=O)N1CCC[C@H]1c1nc2ccc([C@@H]3CC[C@@H](c4ccc5nc([C@@H]6CCCN6C(=O)[C@@H](N(C)C(=O)O)C(C)(C)C)[nH]c5c4)N3c3ccc(F)cc3)cc2[nH]1)C(C)(C)C. The van der Waals surface area contributed by atoms with Gasteiger partial charge in [0, 0.05) is 25.8 Å². The third kappa shape index (κ3) is 8.46. The Labute approximate surface area is 372 Å². The van der Waals surface area contributed by atoms with Gasteiger partial charge in [-0.3, -0.25) is 14.5 Å². The molecular formula is C48H60FN9O6. The lowest BCUT2D eigenvalue weighted by Crippen LogP contribution is -2.54. The van der Waals surface area contributed by atoms with Gasteiger partial charge < -0.3 is 39.8 Å². The van der Waals surface area contributed by atoms with E-state index in [1.54, 1.807) is 4.90 Å². The molecule has 340 valence electrons. The van der Waals surface area contributed by atoms with E-state index in [2.05, 4.69) is 44.5 Å². The second-order valence-electron chi connectivity index (χ2n) is 19.8. The number of H-pyrrole nitrogens is 2. The average Bonchev–Trinajstić information content (AvgIpc) is 4.10. The summed E-state index contributed by atoms with van der Waals surface area (Å²) in [6.45, 7) is 12.4. The van der Waals surface area contributed by atoms with Gasteiger partial charge in [0.2, 0.25) is 11.8 Å². The third-order valence-electron chi connectivity index (χ3n) is 13.3. The highest BCUT2D eigenvalue weighted by atomic mass is 19.1. The molecule has 0 bridgehead atoms. The Bertz CT molecular complexity index is 2560. The number of rotatable bonds is 9. The van der Waals surface area contributed by atoms with Crippen molar-refractivity contribution in [2.24, 2.45) is 10.8 Å². The number of nitrogens with zero attached hydrogens (tertiary/aromatic N) is 6. The molecule has 6 atom stereocenters. The summed E-state index contributed by atoms with van der Waals surface area (Å²) in [6, 6.07) is 16.7. The van der Waals surface area contributed by atoms with Crippen LogP contribution in [0.25, 0.3) is 22.1 Å². The first kappa shape index (κ1) is 44.4.